The maximum Gasteiger partial charge on any atom is 0.400 e. The molecular formula is C13H21NO10S2. The molecule has 0 bridgehead atoms. The number of hydrogen-bond acceptors (Lipinski definition) is 10. The minimum atomic E-state index is -4.17. The topological polar surface area (TPSA) is 136 Å². The molecule has 4 atom stereocenters. The monoisotopic (exact) mass is 415 g/mol. The van der Waals surface area contributed by atoms with Crippen LogP contribution in [0.1, 0.15) is 33.1 Å². The zero-order valence-electron chi connectivity index (χ0n) is 14.2. The van der Waals surface area contributed by atoms with E-state index in [2.05, 4.69) is 4.72 Å². The zero-order valence-corrected chi connectivity index (χ0v) is 15.9. The lowest BCUT2D eigenvalue weighted by Crippen LogP contribution is -2.61. The van der Waals surface area contributed by atoms with Crippen molar-refractivity contribution in [3.8, 4) is 0 Å². The van der Waals surface area contributed by atoms with E-state index in [1.54, 1.807) is 13.8 Å². The van der Waals surface area contributed by atoms with Gasteiger partial charge in [-0.1, -0.05) is 6.42 Å². The molecule has 4 rings (SSSR count). The van der Waals surface area contributed by atoms with E-state index in [1.807, 2.05) is 0 Å². The summed E-state index contributed by atoms with van der Waals surface area (Å²) in [5.41, 5.74) is 0. The van der Waals surface area contributed by atoms with Gasteiger partial charge in [0.15, 0.2) is 5.79 Å². The molecule has 0 radical (unpaired) electrons. The molecule has 11 nitrogen and oxygen atoms in total. The van der Waals surface area contributed by atoms with Crippen molar-refractivity contribution >= 4 is 20.7 Å². The number of fused-ring (bicyclic) bond motifs is 3. The molecular weight excluding hydrogens is 394 g/mol. The van der Waals surface area contributed by atoms with Crippen molar-refractivity contribution in [3.63, 3.8) is 0 Å². The summed E-state index contributed by atoms with van der Waals surface area (Å²) in [5.74, 6) is -2.80. The van der Waals surface area contributed by atoms with Gasteiger partial charge in [-0.15, -0.1) is 0 Å². The van der Waals surface area contributed by atoms with Crippen LogP contribution in [0.15, 0.2) is 0 Å². The van der Waals surface area contributed by atoms with E-state index in [0.29, 0.717) is 0 Å². The van der Waals surface area contributed by atoms with Crippen LogP contribution < -0.4 is 4.72 Å². The lowest BCUT2D eigenvalue weighted by Gasteiger charge is -2.39. The van der Waals surface area contributed by atoms with Crippen molar-refractivity contribution in [1.29, 1.82) is 0 Å². The molecule has 4 unspecified atom stereocenters. The van der Waals surface area contributed by atoms with Crippen LogP contribution in [0.5, 0.6) is 0 Å². The van der Waals surface area contributed by atoms with E-state index in [1.165, 1.54) is 0 Å². The molecule has 1 N–H and O–H groups in total. The van der Waals surface area contributed by atoms with Crippen molar-refractivity contribution < 1.29 is 43.6 Å². The molecule has 150 valence electrons. The summed E-state index contributed by atoms with van der Waals surface area (Å²) in [6.45, 7) is 2.49. The Morgan fingerprint density at radius 2 is 1.96 bits per heavy atom. The molecule has 0 spiro atoms. The first-order valence-corrected chi connectivity index (χ1v) is 11.0. The number of hydrogen-bond donors (Lipinski definition) is 1. The molecule has 4 fully saturated rings. The van der Waals surface area contributed by atoms with Gasteiger partial charge in [-0.05, 0) is 26.7 Å². The molecule has 0 aromatic heterocycles. The van der Waals surface area contributed by atoms with Crippen LogP contribution in [0.3, 0.4) is 0 Å². The highest BCUT2D eigenvalue weighted by Gasteiger charge is 2.66. The quantitative estimate of drug-likeness (QED) is 0.614. The molecule has 13 heteroatoms. The summed E-state index contributed by atoms with van der Waals surface area (Å²) in [4.78, 5) is 0. The summed E-state index contributed by atoms with van der Waals surface area (Å²) in [7, 11) is -8.20. The molecule has 3 heterocycles. The fraction of sp³-hybridized carbons (Fsp3) is 1.00. The second-order valence-electron chi connectivity index (χ2n) is 7.23. The largest absolute Gasteiger partial charge is 0.400 e. The third kappa shape index (κ3) is 3.52. The van der Waals surface area contributed by atoms with E-state index >= 15 is 0 Å². The standard InChI is InChI=1S/C13H21NO10S2/c1-12(2)21-11-10-9(22-26(17,18)23-10)6-19-13(11,24-12)7-20-25(15,16)14-8-4-3-5-8/h8-11,14H,3-7H2,1-2H3. The van der Waals surface area contributed by atoms with Gasteiger partial charge in [0.25, 0.3) is 0 Å². The van der Waals surface area contributed by atoms with Gasteiger partial charge < -0.3 is 14.2 Å². The first kappa shape index (κ1) is 19.0. The van der Waals surface area contributed by atoms with Gasteiger partial charge in [0, 0.05) is 6.04 Å². The average Bonchev–Trinajstić information content (AvgIpc) is 2.93. The number of ether oxygens (including phenoxy) is 3. The van der Waals surface area contributed by atoms with Crippen molar-refractivity contribution in [3.05, 3.63) is 0 Å². The Hall–Kier alpha value is -0.380. The summed E-state index contributed by atoms with van der Waals surface area (Å²) in [6, 6.07) is -0.140. The number of nitrogens with one attached hydrogen (secondary N) is 1. The maximum atomic E-state index is 12.1. The van der Waals surface area contributed by atoms with Crippen LogP contribution in [0.25, 0.3) is 0 Å². The minimum Gasteiger partial charge on any atom is -0.343 e. The molecule has 1 aliphatic carbocycles. The maximum absolute atomic E-state index is 12.1. The molecule has 0 aromatic carbocycles. The van der Waals surface area contributed by atoms with Gasteiger partial charge in [0.1, 0.15) is 24.9 Å². The first-order chi connectivity index (χ1) is 12.0. The molecule has 3 saturated heterocycles. The molecule has 26 heavy (non-hydrogen) atoms. The molecule has 0 aromatic rings. The smallest absolute Gasteiger partial charge is 0.343 e. The van der Waals surface area contributed by atoms with E-state index in [-0.39, 0.29) is 12.6 Å². The van der Waals surface area contributed by atoms with E-state index < -0.39 is 57.2 Å². The Morgan fingerprint density at radius 1 is 1.23 bits per heavy atom. The van der Waals surface area contributed by atoms with Crippen LogP contribution in [-0.4, -0.2) is 66.0 Å². The van der Waals surface area contributed by atoms with Crippen LogP contribution >= 0.6 is 0 Å². The van der Waals surface area contributed by atoms with E-state index in [0.717, 1.165) is 19.3 Å². The third-order valence-electron chi connectivity index (χ3n) is 4.72. The van der Waals surface area contributed by atoms with Crippen molar-refractivity contribution in [2.75, 3.05) is 13.2 Å². The molecule has 1 saturated carbocycles. The second-order valence-corrected chi connectivity index (χ2v) is 9.81. The Morgan fingerprint density at radius 3 is 2.62 bits per heavy atom. The Labute approximate surface area is 151 Å². The normalized spacial score (nSPS) is 41.4. The lowest BCUT2D eigenvalue weighted by atomic mass is 9.94. The third-order valence-corrected chi connectivity index (χ3v) is 6.71. The van der Waals surface area contributed by atoms with Crippen LogP contribution in [0.2, 0.25) is 0 Å². The fourth-order valence-electron chi connectivity index (χ4n) is 3.42. The Balaban J connectivity index is 1.52. The van der Waals surface area contributed by atoms with Crippen LogP contribution in [0, 0.1) is 0 Å². The molecule has 0 amide bonds. The lowest BCUT2D eigenvalue weighted by molar-refractivity contribution is -0.290. The van der Waals surface area contributed by atoms with Gasteiger partial charge >= 0.3 is 20.7 Å². The minimum absolute atomic E-state index is 0.140. The fourth-order valence-corrected chi connectivity index (χ4v) is 5.46. The zero-order chi connectivity index (χ0) is 18.8. The van der Waals surface area contributed by atoms with E-state index in [9.17, 15) is 16.8 Å². The predicted octanol–water partition coefficient (Wildman–Crippen LogP) is -0.703. The highest BCUT2D eigenvalue weighted by Crippen LogP contribution is 2.46. The molecule has 3 aliphatic heterocycles. The van der Waals surface area contributed by atoms with Gasteiger partial charge in [0.2, 0.25) is 5.79 Å². The average molecular weight is 415 g/mol. The van der Waals surface area contributed by atoms with Gasteiger partial charge in [-0.2, -0.15) is 21.6 Å². The van der Waals surface area contributed by atoms with E-state index in [4.69, 9.17) is 26.8 Å². The highest BCUT2D eigenvalue weighted by atomic mass is 32.3. The SMILES string of the molecule is CC1(C)OC2C3OS(=O)(=O)OC3COC2(COS(=O)(=O)NC2CCC2)O1. The Kier molecular flexibility index (Phi) is 4.42. The Bertz CT molecular complexity index is 777. The van der Waals surface area contributed by atoms with Gasteiger partial charge in [-0.25, -0.2) is 8.37 Å². The number of rotatable bonds is 5. The predicted molar refractivity (Wildman–Crippen MR) is 83.0 cm³/mol. The van der Waals surface area contributed by atoms with Gasteiger partial charge in [0.05, 0.1) is 6.61 Å². The highest BCUT2D eigenvalue weighted by molar-refractivity contribution is 7.84. The van der Waals surface area contributed by atoms with Crippen molar-refractivity contribution in [1.82, 2.24) is 4.72 Å². The van der Waals surface area contributed by atoms with Crippen molar-refractivity contribution in [2.24, 2.45) is 0 Å². The summed E-state index contributed by atoms with van der Waals surface area (Å²) in [5, 5.41) is 0. The summed E-state index contributed by atoms with van der Waals surface area (Å²) in [6.07, 6.45) is -0.504. The molecule has 4 aliphatic rings. The summed E-state index contributed by atoms with van der Waals surface area (Å²) < 4.78 is 81.8. The van der Waals surface area contributed by atoms with Crippen molar-refractivity contribution in [2.45, 2.75) is 69.0 Å². The first-order valence-electron chi connectivity index (χ1n) is 8.29. The van der Waals surface area contributed by atoms with Crippen LogP contribution in [-0.2, 0) is 47.5 Å². The summed E-state index contributed by atoms with van der Waals surface area (Å²) >= 11 is 0. The van der Waals surface area contributed by atoms with Gasteiger partial charge in [-0.3, -0.25) is 4.18 Å². The second kappa shape index (κ2) is 6.06. The van der Waals surface area contributed by atoms with Crippen LogP contribution in [0.4, 0.5) is 0 Å².